The van der Waals surface area contributed by atoms with Crippen LogP contribution in [0.15, 0.2) is 0 Å². The Kier molecular flexibility index (Phi) is 1.66. The first kappa shape index (κ1) is 6.62. The third-order valence-corrected chi connectivity index (χ3v) is 2.91. The minimum atomic E-state index is 0.957. The largest absolute Gasteiger partial charge is 0.316 e. The average Bonchev–Trinajstić information content (AvgIpc) is 2.33. The number of nitrogens with zero attached hydrogens (tertiary/aromatic N) is 1. The van der Waals surface area contributed by atoms with Gasteiger partial charge in [-0.3, -0.25) is 0 Å². The van der Waals surface area contributed by atoms with Crippen LogP contribution in [0.3, 0.4) is 0 Å². The Morgan fingerprint density at radius 2 is 2.10 bits per heavy atom. The molecule has 2 heterocycles. The molecule has 0 aliphatic carbocycles. The molecule has 2 atom stereocenters. The van der Waals surface area contributed by atoms with Crippen LogP contribution in [0.25, 0.3) is 0 Å². The highest BCUT2D eigenvalue weighted by atomic mass is 15.1. The number of piperidine rings is 1. The fourth-order valence-electron chi connectivity index (χ4n) is 2.22. The number of likely N-dealkylation sites (tertiary alicyclic amines) is 1. The van der Waals surface area contributed by atoms with E-state index in [4.69, 9.17) is 0 Å². The van der Waals surface area contributed by atoms with Crippen molar-refractivity contribution in [3.8, 4) is 0 Å². The minimum Gasteiger partial charge on any atom is -0.316 e. The Balaban J connectivity index is 1.96. The number of nitrogens with one attached hydrogen (secondary N) is 1. The molecule has 0 unspecified atom stereocenters. The van der Waals surface area contributed by atoms with Gasteiger partial charge in [0.2, 0.25) is 0 Å². The van der Waals surface area contributed by atoms with E-state index < -0.39 is 0 Å². The Labute approximate surface area is 62.6 Å². The maximum atomic E-state index is 3.46. The van der Waals surface area contributed by atoms with Crippen LogP contribution in [-0.4, -0.2) is 38.1 Å². The van der Waals surface area contributed by atoms with Crippen molar-refractivity contribution in [3.63, 3.8) is 0 Å². The summed E-state index contributed by atoms with van der Waals surface area (Å²) in [6.07, 6.45) is 1.41. The highest BCUT2D eigenvalue weighted by Crippen LogP contribution is 2.25. The Bertz CT molecular complexity index is 124. The first-order valence-electron chi connectivity index (χ1n) is 4.25. The van der Waals surface area contributed by atoms with Gasteiger partial charge in [0.05, 0.1) is 0 Å². The van der Waals surface area contributed by atoms with E-state index in [9.17, 15) is 0 Å². The molecular formula is C8H16N2. The van der Waals surface area contributed by atoms with E-state index in [1.807, 2.05) is 0 Å². The maximum absolute atomic E-state index is 3.46. The lowest BCUT2D eigenvalue weighted by Crippen LogP contribution is -2.37. The summed E-state index contributed by atoms with van der Waals surface area (Å²) in [6.45, 7) is 5.16. The molecule has 0 bridgehead atoms. The molecule has 2 nitrogen and oxygen atoms in total. The van der Waals surface area contributed by atoms with Crippen LogP contribution in [0.4, 0.5) is 0 Å². The SMILES string of the molecule is CN1CC[C@@H]2CNC[C@H]2C1. The van der Waals surface area contributed by atoms with Crippen LogP contribution < -0.4 is 5.32 Å². The van der Waals surface area contributed by atoms with Crippen molar-refractivity contribution in [1.29, 1.82) is 0 Å². The molecule has 58 valence electrons. The normalized spacial score (nSPS) is 41.7. The summed E-state index contributed by atoms with van der Waals surface area (Å²) in [4.78, 5) is 2.45. The van der Waals surface area contributed by atoms with E-state index in [1.165, 1.54) is 32.6 Å². The van der Waals surface area contributed by atoms with Crippen LogP contribution in [0, 0.1) is 11.8 Å². The zero-order chi connectivity index (χ0) is 6.97. The van der Waals surface area contributed by atoms with E-state index in [2.05, 4.69) is 17.3 Å². The lowest BCUT2D eigenvalue weighted by Gasteiger charge is -2.31. The molecular weight excluding hydrogens is 124 g/mol. The van der Waals surface area contributed by atoms with Gasteiger partial charge in [0.1, 0.15) is 0 Å². The van der Waals surface area contributed by atoms with Crippen molar-refractivity contribution >= 4 is 0 Å². The predicted molar refractivity (Wildman–Crippen MR) is 42.0 cm³/mol. The fourth-order valence-corrected chi connectivity index (χ4v) is 2.22. The van der Waals surface area contributed by atoms with E-state index in [0.29, 0.717) is 0 Å². The molecule has 1 N–H and O–H groups in total. The highest BCUT2D eigenvalue weighted by molar-refractivity contribution is 4.86. The quantitative estimate of drug-likeness (QED) is 0.515. The second kappa shape index (κ2) is 2.51. The first-order chi connectivity index (χ1) is 4.86. The van der Waals surface area contributed by atoms with Crippen molar-refractivity contribution < 1.29 is 0 Å². The average molecular weight is 140 g/mol. The maximum Gasteiger partial charge on any atom is 0.00219 e. The van der Waals surface area contributed by atoms with Crippen LogP contribution in [0.1, 0.15) is 6.42 Å². The van der Waals surface area contributed by atoms with E-state index >= 15 is 0 Å². The molecule has 0 aromatic carbocycles. The van der Waals surface area contributed by atoms with Crippen LogP contribution >= 0.6 is 0 Å². The Morgan fingerprint density at radius 3 is 3.00 bits per heavy atom. The monoisotopic (exact) mass is 140 g/mol. The van der Waals surface area contributed by atoms with Gasteiger partial charge in [-0.1, -0.05) is 0 Å². The molecule has 0 amide bonds. The zero-order valence-electron chi connectivity index (χ0n) is 6.64. The fraction of sp³-hybridized carbons (Fsp3) is 1.00. The smallest absolute Gasteiger partial charge is 0.00219 e. The summed E-state index contributed by atoms with van der Waals surface area (Å²) in [5.74, 6) is 1.95. The van der Waals surface area contributed by atoms with Gasteiger partial charge in [0.25, 0.3) is 0 Å². The number of hydrogen-bond acceptors (Lipinski definition) is 2. The van der Waals surface area contributed by atoms with Gasteiger partial charge in [0.15, 0.2) is 0 Å². The van der Waals surface area contributed by atoms with Gasteiger partial charge in [-0.05, 0) is 44.9 Å². The third kappa shape index (κ3) is 1.06. The first-order valence-corrected chi connectivity index (χ1v) is 4.25. The second-order valence-electron chi connectivity index (χ2n) is 3.73. The third-order valence-electron chi connectivity index (χ3n) is 2.91. The molecule has 0 aromatic heterocycles. The number of hydrogen-bond donors (Lipinski definition) is 1. The second-order valence-corrected chi connectivity index (χ2v) is 3.73. The van der Waals surface area contributed by atoms with E-state index in [1.54, 1.807) is 0 Å². The molecule has 2 saturated heterocycles. The molecule has 0 spiro atoms. The zero-order valence-corrected chi connectivity index (χ0v) is 6.64. The van der Waals surface area contributed by atoms with Crippen molar-refractivity contribution in [2.75, 3.05) is 33.2 Å². The van der Waals surface area contributed by atoms with Crippen molar-refractivity contribution in [2.45, 2.75) is 6.42 Å². The highest BCUT2D eigenvalue weighted by Gasteiger charge is 2.30. The van der Waals surface area contributed by atoms with Crippen molar-refractivity contribution in [1.82, 2.24) is 10.2 Å². The van der Waals surface area contributed by atoms with Crippen LogP contribution in [0.5, 0.6) is 0 Å². The van der Waals surface area contributed by atoms with Crippen molar-refractivity contribution in [2.24, 2.45) is 11.8 Å². The minimum absolute atomic E-state index is 0.957. The summed E-state index contributed by atoms with van der Waals surface area (Å²) < 4.78 is 0. The van der Waals surface area contributed by atoms with Gasteiger partial charge < -0.3 is 10.2 Å². The molecule has 0 radical (unpaired) electrons. The summed E-state index contributed by atoms with van der Waals surface area (Å²) >= 11 is 0. The topological polar surface area (TPSA) is 15.3 Å². The lowest BCUT2D eigenvalue weighted by atomic mass is 9.89. The lowest BCUT2D eigenvalue weighted by molar-refractivity contribution is 0.178. The Hall–Kier alpha value is -0.0800. The molecule has 2 rings (SSSR count). The molecule has 0 saturated carbocycles. The number of rotatable bonds is 0. The standard InChI is InChI=1S/C8H16N2/c1-10-3-2-7-4-9-5-8(7)6-10/h7-9H,2-6H2,1H3/t7-,8+/m1/s1. The van der Waals surface area contributed by atoms with Crippen LogP contribution in [-0.2, 0) is 0 Å². The van der Waals surface area contributed by atoms with Gasteiger partial charge in [-0.2, -0.15) is 0 Å². The molecule has 2 aliphatic heterocycles. The molecule has 2 heteroatoms. The molecule has 10 heavy (non-hydrogen) atoms. The summed E-state index contributed by atoms with van der Waals surface area (Å²) in [5.41, 5.74) is 0. The van der Waals surface area contributed by atoms with Gasteiger partial charge in [-0.15, -0.1) is 0 Å². The molecule has 2 fully saturated rings. The van der Waals surface area contributed by atoms with Gasteiger partial charge >= 0.3 is 0 Å². The van der Waals surface area contributed by atoms with Crippen molar-refractivity contribution in [3.05, 3.63) is 0 Å². The van der Waals surface area contributed by atoms with Gasteiger partial charge in [0, 0.05) is 6.54 Å². The summed E-state index contributed by atoms with van der Waals surface area (Å²) in [5, 5.41) is 3.46. The Morgan fingerprint density at radius 1 is 1.30 bits per heavy atom. The molecule has 0 aromatic rings. The number of fused-ring (bicyclic) bond motifs is 1. The predicted octanol–water partition coefficient (Wildman–Crippen LogP) is 0.158. The van der Waals surface area contributed by atoms with E-state index in [0.717, 1.165) is 11.8 Å². The van der Waals surface area contributed by atoms with Gasteiger partial charge in [-0.25, -0.2) is 0 Å². The summed E-state index contributed by atoms with van der Waals surface area (Å²) in [6, 6.07) is 0. The summed E-state index contributed by atoms with van der Waals surface area (Å²) in [7, 11) is 2.23. The molecule has 2 aliphatic rings. The van der Waals surface area contributed by atoms with E-state index in [-0.39, 0.29) is 0 Å². The van der Waals surface area contributed by atoms with Crippen LogP contribution in [0.2, 0.25) is 0 Å².